The van der Waals surface area contributed by atoms with Crippen LogP contribution < -0.4 is 10.1 Å². The third-order valence-electron chi connectivity index (χ3n) is 4.28. The van der Waals surface area contributed by atoms with E-state index in [1.807, 2.05) is 63.2 Å². The summed E-state index contributed by atoms with van der Waals surface area (Å²) in [7, 11) is 0. The topological polar surface area (TPSA) is 64.4 Å². The summed E-state index contributed by atoms with van der Waals surface area (Å²) < 4.78 is 11.0. The maximum atomic E-state index is 12.2. The first-order valence-corrected chi connectivity index (χ1v) is 8.55. The molecule has 0 bridgehead atoms. The molecule has 5 heteroatoms. The number of nitrogens with zero attached hydrogens (tertiary/aromatic N) is 1. The largest absolute Gasteiger partial charge is 0.491 e. The molecular formula is C21H22N2O3. The summed E-state index contributed by atoms with van der Waals surface area (Å²) in [5, 5.41) is 6.64. The predicted octanol–water partition coefficient (Wildman–Crippen LogP) is 4.08. The van der Waals surface area contributed by atoms with Crippen molar-refractivity contribution in [1.82, 2.24) is 10.5 Å². The summed E-state index contributed by atoms with van der Waals surface area (Å²) in [6.07, 6.45) is 0. The zero-order valence-electron chi connectivity index (χ0n) is 15.2. The van der Waals surface area contributed by atoms with E-state index >= 15 is 0 Å². The Balaban J connectivity index is 1.52. The monoisotopic (exact) mass is 350 g/mol. The van der Waals surface area contributed by atoms with E-state index in [1.165, 1.54) is 5.56 Å². The van der Waals surface area contributed by atoms with Crippen molar-refractivity contribution in [1.29, 1.82) is 0 Å². The van der Waals surface area contributed by atoms with E-state index in [4.69, 9.17) is 9.26 Å². The molecule has 134 valence electrons. The summed E-state index contributed by atoms with van der Waals surface area (Å²) in [6, 6.07) is 15.4. The van der Waals surface area contributed by atoms with Crippen LogP contribution in [0.3, 0.4) is 0 Å². The van der Waals surface area contributed by atoms with Gasteiger partial charge >= 0.3 is 0 Å². The van der Waals surface area contributed by atoms with Gasteiger partial charge in [-0.1, -0.05) is 47.1 Å². The summed E-state index contributed by atoms with van der Waals surface area (Å²) in [4.78, 5) is 12.2. The van der Waals surface area contributed by atoms with Crippen LogP contribution in [0.5, 0.6) is 5.75 Å². The first-order valence-electron chi connectivity index (χ1n) is 8.55. The molecule has 0 aliphatic rings. The molecule has 1 N–H and O–H groups in total. The van der Waals surface area contributed by atoms with Crippen molar-refractivity contribution in [2.75, 3.05) is 13.2 Å². The lowest BCUT2D eigenvalue weighted by Gasteiger charge is -2.10. The maximum Gasteiger partial charge on any atom is 0.273 e. The van der Waals surface area contributed by atoms with Crippen molar-refractivity contribution in [3.05, 3.63) is 70.9 Å². The van der Waals surface area contributed by atoms with Crippen LogP contribution in [-0.2, 0) is 0 Å². The number of hydrogen-bond donors (Lipinski definition) is 1. The lowest BCUT2D eigenvalue weighted by Crippen LogP contribution is -2.28. The maximum absolute atomic E-state index is 12.2. The van der Waals surface area contributed by atoms with E-state index in [2.05, 4.69) is 10.5 Å². The van der Waals surface area contributed by atoms with Gasteiger partial charge in [-0.25, -0.2) is 0 Å². The van der Waals surface area contributed by atoms with Crippen molar-refractivity contribution in [3.63, 3.8) is 0 Å². The van der Waals surface area contributed by atoms with E-state index in [0.717, 1.165) is 22.4 Å². The Morgan fingerprint density at radius 2 is 1.88 bits per heavy atom. The molecular weight excluding hydrogens is 328 g/mol. The summed E-state index contributed by atoms with van der Waals surface area (Å²) in [5.74, 6) is 1.13. The van der Waals surface area contributed by atoms with Gasteiger partial charge in [0.2, 0.25) is 0 Å². The molecule has 0 aliphatic carbocycles. The molecule has 0 aliphatic heterocycles. The predicted molar refractivity (Wildman–Crippen MR) is 100 cm³/mol. The normalized spacial score (nSPS) is 10.6. The van der Waals surface area contributed by atoms with E-state index < -0.39 is 0 Å². The van der Waals surface area contributed by atoms with Gasteiger partial charge < -0.3 is 14.6 Å². The fraction of sp³-hybridized carbons (Fsp3) is 0.238. The number of carbonyl (C=O) groups is 1. The van der Waals surface area contributed by atoms with Gasteiger partial charge in [0.05, 0.1) is 6.54 Å². The van der Waals surface area contributed by atoms with Crippen LogP contribution in [-0.4, -0.2) is 24.2 Å². The number of rotatable bonds is 6. The lowest BCUT2D eigenvalue weighted by molar-refractivity contribution is 0.0938. The van der Waals surface area contributed by atoms with Crippen LogP contribution in [0.15, 0.2) is 53.1 Å². The summed E-state index contributed by atoms with van der Waals surface area (Å²) in [6.45, 7) is 6.85. The highest BCUT2D eigenvalue weighted by Gasteiger charge is 2.13. The molecule has 0 saturated carbocycles. The minimum Gasteiger partial charge on any atom is -0.491 e. The molecule has 1 amide bonds. The van der Waals surface area contributed by atoms with Gasteiger partial charge in [0.1, 0.15) is 12.4 Å². The molecule has 0 spiro atoms. The number of amides is 1. The molecule has 0 fully saturated rings. The molecule has 3 rings (SSSR count). The molecule has 0 atom stereocenters. The van der Waals surface area contributed by atoms with E-state index in [1.54, 1.807) is 6.07 Å². The molecule has 0 saturated heterocycles. The van der Waals surface area contributed by atoms with Crippen molar-refractivity contribution in [2.45, 2.75) is 20.8 Å². The summed E-state index contributed by atoms with van der Waals surface area (Å²) in [5.41, 5.74) is 4.60. The Morgan fingerprint density at radius 1 is 1.12 bits per heavy atom. The highest BCUT2D eigenvalue weighted by molar-refractivity contribution is 5.93. The number of carbonyl (C=O) groups excluding carboxylic acids is 1. The zero-order valence-corrected chi connectivity index (χ0v) is 15.2. The molecule has 1 aromatic heterocycles. The third kappa shape index (κ3) is 4.11. The first-order chi connectivity index (χ1) is 12.5. The molecule has 0 unspecified atom stereocenters. The van der Waals surface area contributed by atoms with Crippen molar-refractivity contribution in [2.24, 2.45) is 0 Å². The smallest absolute Gasteiger partial charge is 0.273 e. The second-order valence-corrected chi connectivity index (χ2v) is 6.24. The highest BCUT2D eigenvalue weighted by atomic mass is 16.5. The van der Waals surface area contributed by atoms with Crippen LogP contribution in [0.1, 0.15) is 27.2 Å². The average Bonchev–Trinajstić information content (AvgIpc) is 3.13. The summed E-state index contributed by atoms with van der Waals surface area (Å²) >= 11 is 0. The zero-order chi connectivity index (χ0) is 18.5. The van der Waals surface area contributed by atoms with Gasteiger partial charge in [-0.15, -0.1) is 0 Å². The minimum atomic E-state index is -0.281. The van der Waals surface area contributed by atoms with Gasteiger partial charge in [0.15, 0.2) is 11.5 Å². The van der Waals surface area contributed by atoms with Crippen LogP contribution >= 0.6 is 0 Å². The third-order valence-corrected chi connectivity index (χ3v) is 4.28. The molecule has 1 heterocycles. The molecule has 2 aromatic carbocycles. The Kier molecular flexibility index (Phi) is 5.37. The molecule has 0 radical (unpaired) electrons. The van der Waals surface area contributed by atoms with Gasteiger partial charge in [-0.05, 0) is 38.0 Å². The Bertz CT molecular complexity index is 898. The van der Waals surface area contributed by atoms with E-state index in [-0.39, 0.29) is 11.6 Å². The van der Waals surface area contributed by atoms with Crippen LogP contribution in [0.25, 0.3) is 11.3 Å². The van der Waals surface area contributed by atoms with Gasteiger partial charge in [0.25, 0.3) is 5.91 Å². The van der Waals surface area contributed by atoms with Gasteiger partial charge in [0, 0.05) is 11.6 Å². The van der Waals surface area contributed by atoms with Crippen LogP contribution in [0.4, 0.5) is 0 Å². The number of nitrogens with one attached hydrogen (secondary N) is 1. The second-order valence-electron chi connectivity index (χ2n) is 6.24. The number of benzene rings is 2. The minimum absolute atomic E-state index is 0.257. The quantitative estimate of drug-likeness (QED) is 0.681. The Labute approximate surface area is 153 Å². The number of ether oxygens (including phenoxy) is 1. The highest BCUT2D eigenvalue weighted by Crippen LogP contribution is 2.21. The van der Waals surface area contributed by atoms with Crippen LogP contribution in [0, 0.1) is 20.8 Å². The molecule has 5 nitrogen and oxygen atoms in total. The van der Waals surface area contributed by atoms with Gasteiger partial charge in [-0.2, -0.15) is 0 Å². The second kappa shape index (κ2) is 7.87. The van der Waals surface area contributed by atoms with E-state index in [9.17, 15) is 4.79 Å². The number of aromatic nitrogens is 1. The standard InChI is InChI=1S/C21H22N2O3/c1-14-7-9-17(10-8-14)20-13-18(23-26-20)21(24)22-11-12-25-19-6-4-5-15(2)16(19)3/h4-10,13H,11-12H2,1-3H3,(H,22,24). The van der Waals surface area contributed by atoms with Crippen molar-refractivity contribution >= 4 is 5.91 Å². The van der Waals surface area contributed by atoms with Gasteiger partial charge in [-0.3, -0.25) is 4.79 Å². The Morgan fingerprint density at radius 3 is 2.65 bits per heavy atom. The first kappa shape index (κ1) is 17.7. The average molecular weight is 350 g/mol. The number of aryl methyl sites for hydroxylation is 2. The fourth-order valence-corrected chi connectivity index (χ4v) is 2.53. The Hall–Kier alpha value is -3.08. The van der Waals surface area contributed by atoms with Crippen LogP contribution in [0.2, 0.25) is 0 Å². The molecule has 3 aromatic rings. The van der Waals surface area contributed by atoms with Crippen molar-refractivity contribution < 1.29 is 14.1 Å². The fourth-order valence-electron chi connectivity index (χ4n) is 2.53. The number of hydrogen-bond acceptors (Lipinski definition) is 4. The SMILES string of the molecule is Cc1ccc(-c2cc(C(=O)NCCOc3cccc(C)c3C)no2)cc1. The molecule has 26 heavy (non-hydrogen) atoms. The lowest BCUT2D eigenvalue weighted by atomic mass is 10.1. The van der Waals surface area contributed by atoms with Crippen molar-refractivity contribution in [3.8, 4) is 17.1 Å². The van der Waals surface area contributed by atoms with E-state index in [0.29, 0.717) is 18.9 Å².